The number of hydrogen-bond donors (Lipinski definition) is 0. The third-order valence-electron chi connectivity index (χ3n) is 1.41. The number of ether oxygens (including phenoxy) is 1. The van der Waals surface area contributed by atoms with E-state index in [2.05, 4.69) is 27.7 Å². The van der Waals surface area contributed by atoms with Crippen molar-refractivity contribution in [1.29, 1.82) is 0 Å². The van der Waals surface area contributed by atoms with Gasteiger partial charge in [-0.15, -0.1) is 0 Å². The van der Waals surface area contributed by atoms with Gasteiger partial charge in [0.25, 0.3) is 0 Å². The first-order chi connectivity index (χ1) is 4.16. The average molecular weight is 130 g/mol. The van der Waals surface area contributed by atoms with Crippen molar-refractivity contribution in [3.05, 3.63) is 0 Å². The van der Waals surface area contributed by atoms with Gasteiger partial charge in [0.05, 0.1) is 6.10 Å². The van der Waals surface area contributed by atoms with Gasteiger partial charge in [0.1, 0.15) is 0 Å². The molecule has 0 spiro atoms. The molecule has 0 saturated carbocycles. The number of hydrogen-bond acceptors (Lipinski definition) is 1. The van der Waals surface area contributed by atoms with E-state index in [1.54, 1.807) is 0 Å². The minimum Gasteiger partial charge on any atom is -0.379 e. The van der Waals surface area contributed by atoms with Gasteiger partial charge in [0.15, 0.2) is 0 Å². The Morgan fingerprint density at radius 1 is 1.22 bits per heavy atom. The van der Waals surface area contributed by atoms with Crippen LogP contribution in [0.2, 0.25) is 0 Å². The standard InChI is InChI=1S/C8H18O/c1-5-8(4)6-9-7(2)3/h7-8H,5-6H2,1-4H3/t8-/m1/s1. The molecule has 0 aliphatic carbocycles. The van der Waals surface area contributed by atoms with E-state index in [9.17, 15) is 0 Å². The minimum atomic E-state index is 0.388. The van der Waals surface area contributed by atoms with Crippen LogP contribution >= 0.6 is 0 Å². The monoisotopic (exact) mass is 130 g/mol. The summed E-state index contributed by atoms with van der Waals surface area (Å²) >= 11 is 0. The van der Waals surface area contributed by atoms with E-state index in [0.717, 1.165) is 6.61 Å². The van der Waals surface area contributed by atoms with Crippen molar-refractivity contribution in [1.82, 2.24) is 0 Å². The van der Waals surface area contributed by atoms with E-state index in [-0.39, 0.29) is 0 Å². The average Bonchev–Trinajstić information content (AvgIpc) is 1.83. The summed E-state index contributed by atoms with van der Waals surface area (Å²) in [6.07, 6.45) is 1.60. The quantitative estimate of drug-likeness (QED) is 0.568. The topological polar surface area (TPSA) is 9.23 Å². The lowest BCUT2D eigenvalue weighted by molar-refractivity contribution is 0.0545. The van der Waals surface area contributed by atoms with E-state index in [1.807, 2.05) is 0 Å². The normalized spacial score (nSPS) is 14.3. The molecule has 0 aromatic rings. The van der Waals surface area contributed by atoms with Gasteiger partial charge in [-0.05, 0) is 19.8 Å². The SMILES string of the molecule is CC[C@@H](C)COC(C)C. The lowest BCUT2D eigenvalue weighted by Gasteiger charge is -2.11. The van der Waals surface area contributed by atoms with Crippen LogP contribution in [-0.4, -0.2) is 12.7 Å². The van der Waals surface area contributed by atoms with Gasteiger partial charge in [-0.1, -0.05) is 20.3 Å². The molecule has 0 rings (SSSR count). The second-order valence-corrected chi connectivity index (χ2v) is 2.90. The highest BCUT2D eigenvalue weighted by Gasteiger charge is 1.99. The molecule has 0 N–H and O–H groups in total. The Morgan fingerprint density at radius 2 is 1.78 bits per heavy atom. The van der Waals surface area contributed by atoms with Crippen molar-refractivity contribution in [2.24, 2.45) is 5.92 Å². The first-order valence-electron chi connectivity index (χ1n) is 3.78. The lowest BCUT2D eigenvalue weighted by Crippen LogP contribution is -2.09. The summed E-state index contributed by atoms with van der Waals surface area (Å²) in [6, 6.07) is 0. The molecule has 56 valence electrons. The fraction of sp³-hybridized carbons (Fsp3) is 1.00. The molecule has 0 saturated heterocycles. The summed E-state index contributed by atoms with van der Waals surface area (Å²) in [7, 11) is 0. The predicted molar refractivity (Wildman–Crippen MR) is 40.5 cm³/mol. The molecule has 0 aliphatic rings. The molecule has 0 amide bonds. The van der Waals surface area contributed by atoms with Crippen LogP contribution in [0, 0.1) is 5.92 Å². The Balaban J connectivity index is 3.06. The van der Waals surface area contributed by atoms with Crippen molar-refractivity contribution in [2.45, 2.75) is 40.2 Å². The van der Waals surface area contributed by atoms with Gasteiger partial charge in [0, 0.05) is 6.61 Å². The molecule has 0 aromatic heterocycles. The third-order valence-corrected chi connectivity index (χ3v) is 1.41. The molecular formula is C8H18O. The zero-order valence-electron chi connectivity index (χ0n) is 6.98. The van der Waals surface area contributed by atoms with Crippen LogP contribution in [0.25, 0.3) is 0 Å². The summed E-state index contributed by atoms with van der Waals surface area (Å²) < 4.78 is 5.39. The van der Waals surface area contributed by atoms with Gasteiger partial charge in [-0.25, -0.2) is 0 Å². The van der Waals surface area contributed by atoms with Crippen LogP contribution in [0.4, 0.5) is 0 Å². The van der Waals surface area contributed by atoms with Crippen LogP contribution in [0.5, 0.6) is 0 Å². The van der Waals surface area contributed by atoms with Gasteiger partial charge < -0.3 is 4.74 Å². The first kappa shape index (κ1) is 8.96. The zero-order valence-corrected chi connectivity index (χ0v) is 6.98. The lowest BCUT2D eigenvalue weighted by atomic mass is 10.1. The van der Waals surface area contributed by atoms with Crippen molar-refractivity contribution < 1.29 is 4.74 Å². The predicted octanol–water partition coefficient (Wildman–Crippen LogP) is 2.46. The van der Waals surface area contributed by atoms with Crippen molar-refractivity contribution in [2.75, 3.05) is 6.61 Å². The Labute approximate surface area is 58.4 Å². The van der Waals surface area contributed by atoms with E-state index in [1.165, 1.54) is 6.42 Å². The molecule has 0 aromatic carbocycles. The Bertz CT molecular complexity index is 59.6. The Morgan fingerprint density at radius 3 is 2.11 bits per heavy atom. The van der Waals surface area contributed by atoms with Crippen LogP contribution in [0.1, 0.15) is 34.1 Å². The highest BCUT2D eigenvalue weighted by Crippen LogP contribution is 2.02. The second-order valence-electron chi connectivity index (χ2n) is 2.90. The highest BCUT2D eigenvalue weighted by molar-refractivity contribution is 4.47. The molecule has 0 radical (unpaired) electrons. The largest absolute Gasteiger partial charge is 0.379 e. The third kappa shape index (κ3) is 5.84. The van der Waals surface area contributed by atoms with Crippen LogP contribution < -0.4 is 0 Å². The molecule has 1 nitrogen and oxygen atoms in total. The van der Waals surface area contributed by atoms with Gasteiger partial charge in [-0.3, -0.25) is 0 Å². The van der Waals surface area contributed by atoms with Crippen molar-refractivity contribution in [3.63, 3.8) is 0 Å². The minimum absolute atomic E-state index is 0.388. The summed E-state index contributed by atoms with van der Waals surface area (Å²) in [5.74, 6) is 0.715. The second kappa shape index (κ2) is 4.80. The smallest absolute Gasteiger partial charge is 0.0519 e. The maximum atomic E-state index is 5.39. The van der Waals surface area contributed by atoms with Crippen LogP contribution in [-0.2, 0) is 4.74 Å². The summed E-state index contributed by atoms with van der Waals surface area (Å²) in [5.41, 5.74) is 0. The molecule has 1 atom stereocenters. The van der Waals surface area contributed by atoms with Crippen LogP contribution in [0.15, 0.2) is 0 Å². The number of rotatable bonds is 4. The summed E-state index contributed by atoms with van der Waals surface area (Å²) in [5, 5.41) is 0. The fourth-order valence-corrected chi connectivity index (χ4v) is 0.475. The summed E-state index contributed by atoms with van der Waals surface area (Å²) in [4.78, 5) is 0. The molecule has 1 heteroatoms. The Hall–Kier alpha value is -0.0400. The van der Waals surface area contributed by atoms with E-state index < -0.39 is 0 Å². The van der Waals surface area contributed by atoms with Gasteiger partial charge in [-0.2, -0.15) is 0 Å². The van der Waals surface area contributed by atoms with E-state index in [4.69, 9.17) is 4.74 Å². The summed E-state index contributed by atoms with van der Waals surface area (Å²) in [6.45, 7) is 9.45. The van der Waals surface area contributed by atoms with E-state index >= 15 is 0 Å². The maximum Gasteiger partial charge on any atom is 0.0519 e. The van der Waals surface area contributed by atoms with Crippen LogP contribution in [0.3, 0.4) is 0 Å². The van der Waals surface area contributed by atoms with Crippen molar-refractivity contribution >= 4 is 0 Å². The maximum absolute atomic E-state index is 5.39. The molecule has 9 heavy (non-hydrogen) atoms. The molecule has 0 bridgehead atoms. The first-order valence-corrected chi connectivity index (χ1v) is 3.78. The van der Waals surface area contributed by atoms with Crippen molar-refractivity contribution in [3.8, 4) is 0 Å². The highest BCUT2D eigenvalue weighted by atomic mass is 16.5. The fourth-order valence-electron chi connectivity index (χ4n) is 0.475. The molecule has 0 heterocycles. The molecule has 0 aliphatic heterocycles. The molecule has 0 fully saturated rings. The van der Waals surface area contributed by atoms with Gasteiger partial charge >= 0.3 is 0 Å². The Kier molecular flexibility index (Phi) is 4.78. The molecule has 0 unspecified atom stereocenters. The van der Waals surface area contributed by atoms with Gasteiger partial charge in [0.2, 0.25) is 0 Å². The van der Waals surface area contributed by atoms with E-state index in [0.29, 0.717) is 12.0 Å². The molecular weight excluding hydrogens is 112 g/mol. The zero-order chi connectivity index (χ0) is 7.28.